The van der Waals surface area contributed by atoms with Crippen LogP contribution in [-0.2, 0) is 0 Å². The van der Waals surface area contributed by atoms with Crippen molar-refractivity contribution in [2.75, 3.05) is 10.7 Å². The average molecular weight is 350 g/mol. The molecule has 1 N–H and O–H groups in total. The van der Waals surface area contributed by atoms with Crippen LogP contribution in [0.4, 0.5) is 0 Å². The Morgan fingerprint density at radius 1 is 1.38 bits per heavy atom. The van der Waals surface area contributed by atoms with Crippen molar-refractivity contribution >= 4 is 37.8 Å². The van der Waals surface area contributed by atoms with Crippen LogP contribution in [0.5, 0.6) is 0 Å². The van der Waals surface area contributed by atoms with E-state index in [9.17, 15) is 4.79 Å². The van der Waals surface area contributed by atoms with Crippen LogP contribution in [0.15, 0.2) is 24.5 Å². The van der Waals surface area contributed by atoms with E-state index in [2.05, 4.69) is 49.1 Å². The largest absolute Gasteiger partial charge is 0.345 e. The van der Waals surface area contributed by atoms with Gasteiger partial charge in [0.05, 0.1) is 5.54 Å². The zero-order chi connectivity index (χ0) is 12.0. The number of nitrogens with one attached hydrogen (secondary N) is 1. The summed E-state index contributed by atoms with van der Waals surface area (Å²) in [5.74, 6) is -0.0665. The summed E-state index contributed by atoms with van der Waals surface area (Å²) < 4.78 is 0. The van der Waals surface area contributed by atoms with Crippen molar-refractivity contribution in [1.29, 1.82) is 0 Å². The SMILES string of the molecule is CCC(CBr)(CBr)NC(=O)c1ccncc1. The van der Waals surface area contributed by atoms with Gasteiger partial charge in [-0.05, 0) is 18.6 Å². The summed E-state index contributed by atoms with van der Waals surface area (Å²) in [6.45, 7) is 2.05. The number of amides is 1. The molecule has 0 aliphatic heterocycles. The van der Waals surface area contributed by atoms with Gasteiger partial charge in [-0.2, -0.15) is 0 Å². The summed E-state index contributed by atoms with van der Waals surface area (Å²) in [6.07, 6.45) is 4.09. The number of aromatic nitrogens is 1. The third-order valence-electron chi connectivity index (χ3n) is 2.51. The Hall–Kier alpha value is -0.420. The lowest BCUT2D eigenvalue weighted by atomic mass is 10.0. The maximum Gasteiger partial charge on any atom is 0.251 e. The molecule has 0 aliphatic carbocycles. The monoisotopic (exact) mass is 348 g/mol. The molecule has 1 rings (SSSR count). The molecule has 1 amide bonds. The molecule has 0 saturated heterocycles. The second-order valence-corrected chi connectivity index (χ2v) is 4.71. The lowest BCUT2D eigenvalue weighted by Gasteiger charge is -2.30. The lowest BCUT2D eigenvalue weighted by molar-refractivity contribution is 0.0915. The number of nitrogens with zero attached hydrogens (tertiary/aromatic N) is 1. The van der Waals surface area contributed by atoms with Gasteiger partial charge < -0.3 is 5.32 Å². The van der Waals surface area contributed by atoms with Crippen LogP contribution in [0.3, 0.4) is 0 Å². The first-order valence-electron chi connectivity index (χ1n) is 5.02. The van der Waals surface area contributed by atoms with E-state index >= 15 is 0 Å². The summed E-state index contributed by atoms with van der Waals surface area (Å²) in [4.78, 5) is 15.8. The summed E-state index contributed by atoms with van der Waals surface area (Å²) >= 11 is 6.87. The maximum atomic E-state index is 12.0. The standard InChI is InChI=1S/C11H14Br2N2O/c1-2-11(7-12,8-13)15-10(16)9-3-5-14-6-4-9/h3-6H,2,7-8H2,1H3,(H,15,16). The Bertz CT molecular complexity index is 331. The third kappa shape index (κ3) is 3.28. The normalized spacial score (nSPS) is 11.2. The number of carbonyl (C=O) groups excluding carboxylic acids is 1. The molecule has 16 heavy (non-hydrogen) atoms. The van der Waals surface area contributed by atoms with E-state index in [1.54, 1.807) is 24.5 Å². The van der Waals surface area contributed by atoms with Crippen LogP contribution in [-0.4, -0.2) is 27.1 Å². The second-order valence-electron chi connectivity index (χ2n) is 3.59. The zero-order valence-corrected chi connectivity index (χ0v) is 12.2. The smallest absolute Gasteiger partial charge is 0.251 e. The van der Waals surface area contributed by atoms with E-state index in [1.165, 1.54) is 0 Å². The molecule has 0 spiro atoms. The molecule has 1 aromatic rings. The molecule has 0 aromatic carbocycles. The van der Waals surface area contributed by atoms with Gasteiger partial charge in [-0.15, -0.1) is 0 Å². The van der Waals surface area contributed by atoms with Crippen molar-refractivity contribution in [3.8, 4) is 0 Å². The van der Waals surface area contributed by atoms with Gasteiger partial charge in [0.15, 0.2) is 0 Å². The molecule has 0 aliphatic rings. The number of hydrogen-bond acceptors (Lipinski definition) is 2. The van der Waals surface area contributed by atoms with Gasteiger partial charge in [0, 0.05) is 28.6 Å². The molecule has 0 unspecified atom stereocenters. The minimum atomic E-state index is -0.236. The van der Waals surface area contributed by atoms with E-state index < -0.39 is 0 Å². The Labute approximate surface area is 112 Å². The molecule has 0 fully saturated rings. The van der Waals surface area contributed by atoms with Crippen molar-refractivity contribution in [3.05, 3.63) is 30.1 Å². The van der Waals surface area contributed by atoms with Crippen LogP contribution < -0.4 is 5.32 Å². The van der Waals surface area contributed by atoms with E-state index in [0.29, 0.717) is 5.56 Å². The van der Waals surface area contributed by atoms with Crippen molar-refractivity contribution in [3.63, 3.8) is 0 Å². The van der Waals surface area contributed by atoms with Gasteiger partial charge in [0.25, 0.3) is 5.91 Å². The van der Waals surface area contributed by atoms with E-state index in [1.807, 2.05) is 0 Å². The summed E-state index contributed by atoms with van der Waals surface area (Å²) in [5.41, 5.74) is 0.398. The highest BCUT2D eigenvalue weighted by atomic mass is 79.9. The minimum absolute atomic E-state index is 0.0665. The van der Waals surface area contributed by atoms with Gasteiger partial charge in [-0.25, -0.2) is 0 Å². The number of halogens is 2. The number of pyridine rings is 1. The lowest BCUT2D eigenvalue weighted by Crippen LogP contribution is -2.51. The molecule has 88 valence electrons. The minimum Gasteiger partial charge on any atom is -0.345 e. The van der Waals surface area contributed by atoms with Crippen molar-refractivity contribution < 1.29 is 4.79 Å². The molecular formula is C11H14Br2N2O. The van der Waals surface area contributed by atoms with E-state index in [-0.39, 0.29) is 11.4 Å². The fourth-order valence-electron chi connectivity index (χ4n) is 1.20. The number of hydrogen-bond donors (Lipinski definition) is 1. The number of alkyl halides is 2. The molecule has 0 saturated carbocycles. The van der Waals surface area contributed by atoms with Gasteiger partial charge in [-0.3, -0.25) is 9.78 Å². The van der Waals surface area contributed by atoms with Gasteiger partial charge >= 0.3 is 0 Å². The summed E-state index contributed by atoms with van der Waals surface area (Å²) in [6, 6.07) is 3.41. The second kappa shape index (κ2) is 6.35. The number of rotatable bonds is 5. The fourth-order valence-corrected chi connectivity index (χ4v) is 3.20. The van der Waals surface area contributed by atoms with Crippen LogP contribution in [0.1, 0.15) is 23.7 Å². The summed E-state index contributed by atoms with van der Waals surface area (Å²) in [7, 11) is 0. The van der Waals surface area contributed by atoms with E-state index in [0.717, 1.165) is 17.1 Å². The van der Waals surface area contributed by atoms with Crippen molar-refractivity contribution in [2.24, 2.45) is 0 Å². The van der Waals surface area contributed by atoms with Crippen molar-refractivity contribution in [2.45, 2.75) is 18.9 Å². The Morgan fingerprint density at radius 3 is 2.38 bits per heavy atom. The highest BCUT2D eigenvalue weighted by Gasteiger charge is 2.27. The average Bonchev–Trinajstić information content (AvgIpc) is 2.37. The van der Waals surface area contributed by atoms with Crippen LogP contribution >= 0.6 is 31.9 Å². The fraction of sp³-hybridized carbons (Fsp3) is 0.455. The van der Waals surface area contributed by atoms with Gasteiger partial charge in [0.1, 0.15) is 0 Å². The zero-order valence-electron chi connectivity index (χ0n) is 9.04. The Morgan fingerprint density at radius 2 is 1.94 bits per heavy atom. The molecule has 0 radical (unpaired) electrons. The maximum absolute atomic E-state index is 12.0. The molecule has 5 heteroatoms. The predicted molar refractivity (Wildman–Crippen MR) is 72.3 cm³/mol. The highest BCUT2D eigenvalue weighted by Crippen LogP contribution is 2.17. The van der Waals surface area contributed by atoms with Gasteiger partial charge in [0.2, 0.25) is 0 Å². The van der Waals surface area contributed by atoms with Crippen molar-refractivity contribution in [1.82, 2.24) is 10.3 Å². The molecular weight excluding hydrogens is 336 g/mol. The first kappa shape index (κ1) is 13.6. The first-order valence-corrected chi connectivity index (χ1v) is 7.26. The predicted octanol–water partition coefficient (Wildman–Crippen LogP) is 2.75. The van der Waals surface area contributed by atoms with Crippen LogP contribution in [0, 0.1) is 0 Å². The topological polar surface area (TPSA) is 42.0 Å². The highest BCUT2D eigenvalue weighted by molar-refractivity contribution is 9.09. The molecule has 3 nitrogen and oxygen atoms in total. The van der Waals surface area contributed by atoms with Gasteiger partial charge in [-0.1, -0.05) is 38.8 Å². The van der Waals surface area contributed by atoms with E-state index in [4.69, 9.17) is 0 Å². The molecule has 0 bridgehead atoms. The molecule has 0 atom stereocenters. The first-order chi connectivity index (χ1) is 7.67. The third-order valence-corrected chi connectivity index (χ3v) is 4.66. The van der Waals surface area contributed by atoms with Crippen LogP contribution in [0.25, 0.3) is 0 Å². The quantitative estimate of drug-likeness (QED) is 0.830. The molecule has 1 aromatic heterocycles. The summed E-state index contributed by atoms with van der Waals surface area (Å²) in [5, 5.41) is 4.48. The number of carbonyl (C=O) groups is 1. The Kier molecular flexibility index (Phi) is 5.41. The molecule has 1 heterocycles. The Balaban J connectivity index is 2.77. The van der Waals surface area contributed by atoms with Crippen LogP contribution in [0.2, 0.25) is 0 Å².